The lowest BCUT2D eigenvalue weighted by Gasteiger charge is -2.32. The van der Waals surface area contributed by atoms with Crippen molar-refractivity contribution in [2.45, 2.75) is 50.2 Å². The van der Waals surface area contributed by atoms with E-state index in [0.717, 1.165) is 25.0 Å². The molecular formula is C17H26BNO4S. The van der Waals surface area contributed by atoms with E-state index in [4.69, 9.17) is 9.31 Å². The lowest BCUT2D eigenvalue weighted by molar-refractivity contribution is 0.00578. The zero-order chi connectivity index (χ0) is 17.6. The highest BCUT2D eigenvalue weighted by atomic mass is 32.2. The maximum Gasteiger partial charge on any atom is 0.494 e. The van der Waals surface area contributed by atoms with E-state index in [1.54, 1.807) is 18.2 Å². The average Bonchev–Trinajstić information content (AvgIpc) is 3.05. The summed E-state index contributed by atoms with van der Waals surface area (Å²) in [5, 5.41) is 3.22. The number of hydrogen-bond acceptors (Lipinski definition) is 5. The first-order valence-corrected chi connectivity index (χ1v) is 10.1. The van der Waals surface area contributed by atoms with Gasteiger partial charge in [-0.1, -0.05) is 12.1 Å². The summed E-state index contributed by atoms with van der Waals surface area (Å²) in [6, 6.07) is 6.98. The number of sulfone groups is 1. The topological polar surface area (TPSA) is 64.6 Å². The third kappa shape index (κ3) is 3.40. The van der Waals surface area contributed by atoms with Crippen LogP contribution in [0.25, 0.3) is 0 Å². The van der Waals surface area contributed by atoms with Crippen molar-refractivity contribution in [3.8, 4) is 0 Å². The van der Waals surface area contributed by atoms with Crippen LogP contribution in [0.2, 0.25) is 0 Å². The zero-order valence-electron chi connectivity index (χ0n) is 14.8. The van der Waals surface area contributed by atoms with E-state index in [0.29, 0.717) is 4.90 Å². The molecule has 1 aromatic rings. The smallest absolute Gasteiger partial charge is 0.399 e. The first kappa shape index (κ1) is 17.9. The molecule has 2 saturated heterocycles. The Kier molecular flexibility index (Phi) is 4.58. The number of nitrogens with one attached hydrogen (secondary N) is 1. The van der Waals surface area contributed by atoms with Gasteiger partial charge in [-0.15, -0.1) is 0 Å². The summed E-state index contributed by atoms with van der Waals surface area (Å²) in [5.41, 5.74) is -0.135. The molecule has 1 N–H and O–H groups in total. The second-order valence-electron chi connectivity index (χ2n) is 7.80. The van der Waals surface area contributed by atoms with Crippen molar-refractivity contribution < 1.29 is 17.7 Å². The summed E-state index contributed by atoms with van der Waals surface area (Å²) >= 11 is 0. The fraction of sp³-hybridized carbons (Fsp3) is 0.647. The predicted molar refractivity (Wildman–Crippen MR) is 95.2 cm³/mol. The first-order chi connectivity index (χ1) is 11.1. The van der Waals surface area contributed by atoms with Crippen LogP contribution < -0.4 is 10.8 Å². The molecule has 3 rings (SSSR count). The third-order valence-electron chi connectivity index (χ3n) is 5.36. The van der Waals surface area contributed by atoms with Gasteiger partial charge in [0, 0.05) is 0 Å². The minimum atomic E-state index is -3.30. The second kappa shape index (κ2) is 6.13. The highest BCUT2D eigenvalue weighted by Gasteiger charge is 2.51. The molecule has 2 fully saturated rings. The van der Waals surface area contributed by atoms with Crippen LogP contribution in [0.15, 0.2) is 29.2 Å². The molecule has 1 aromatic carbocycles. The van der Waals surface area contributed by atoms with Gasteiger partial charge in [-0.05, 0) is 70.7 Å². The molecule has 0 spiro atoms. The van der Waals surface area contributed by atoms with E-state index in [1.165, 1.54) is 0 Å². The van der Waals surface area contributed by atoms with E-state index >= 15 is 0 Å². The van der Waals surface area contributed by atoms with E-state index in [-0.39, 0.29) is 11.7 Å². The SMILES string of the molecule is CC1(C)OB(c2cccc(S(=O)(=O)CC3CCNC3)c2)OC1(C)C. The maximum absolute atomic E-state index is 12.7. The van der Waals surface area contributed by atoms with E-state index in [1.807, 2.05) is 33.8 Å². The number of benzene rings is 1. The summed E-state index contributed by atoms with van der Waals surface area (Å²) in [7, 11) is -3.85. The Morgan fingerprint density at radius 3 is 2.46 bits per heavy atom. The van der Waals surface area contributed by atoms with Gasteiger partial charge in [0.1, 0.15) is 0 Å². The summed E-state index contributed by atoms with van der Waals surface area (Å²) in [5.74, 6) is 0.378. The lowest BCUT2D eigenvalue weighted by Crippen LogP contribution is -2.41. The van der Waals surface area contributed by atoms with Gasteiger partial charge in [-0.25, -0.2) is 8.42 Å². The Morgan fingerprint density at radius 1 is 1.21 bits per heavy atom. The fourth-order valence-electron chi connectivity index (χ4n) is 3.10. The van der Waals surface area contributed by atoms with Gasteiger partial charge in [0.25, 0.3) is 0 Å². The Labute approximate surface area is 145 Å². The molecule has 0 amide bonds. The molecule has 0 aromatic heterocycles. The van der Waals surface area contributed by atoms with Crippen LogP contribution in [0, 0.1) is 5.92 Å². The number of rotatable bonds is 4. The van der Waals surface area contributed by atoms with Crippen molar-refractivity contribution in [3.63, 3.8) is 0 Å². The summed E-state index contributed by atoms with van der Waals surface area (Å²) in [6.45, 7) is 9.62. The van der Waals surface area contributed by atoms with Crippen LogP contribution in [-0.4, -0.2) is 45.6 Å². The molecule has 24 heavy (non-hydrogen) atoms. The highest BCUT2D eigenvalue weighted by molar-refractivity contribution is 7.91. The van der Waals surface area contributed by atoms with Gasteiger partial charge >= 0.3 is 7.12 Å². The fourth-order valence-corrected chi connectivity index (χ4v) is 4.80. The molecule has 1 atom stereocenters. The Bertz CT molecular complexity index is 695. The Balaban J connectivity index is 1.82. The summed E-state index contributed by atoms with van der Waals surface area (Å²) < 4.78 is 37.4. The van der Waals surface area contributed by atoms with Gasteiger partial charge in [0.15, 0.2) is 9.84 Å². The molecule has 0 bridgehead atoms. The summed E-state index contributed by atoms with van der Waals surface area (Å²) in [6.07, 6.45) is 0.913. The van der Waals surface area contributed by atoms with E-state index in [2.05, 4.69) is 5.32 Å². The van der Waals surface area contributed by atoms with Gasteiger partial charge in [-0.2, -0.15) is 0 Å². The van der Waals surface area contributed by atoms with Crippen LogP contribution in [-0.2, 0) is 19.1 Å². The molecule has 1 unspecified atom stereocenters. The Hall–Kier alpha value is -0.885. The van der Waals surface area contributed by atoms with Crippen LogP contribution in [0.3, 0.4) is 0 Å². The predicted octanol–water partition coefficient (Wildman–Crippen LogP) is 1.37. The molecule has 2 aliphatic rings. The van der Waals surface area contributed by atoms with Gasteiger partial charge in [0.05, 0.1) is 21.9 Å². The largest absolute Gasteiger partial charge is 0.494 e. The Morgan fingerprint density at radius 2 is 1.88 bits per heavy atom. The quantitative estimate of drug-likeness (QED) is 0.830. The average molecular weight is 351 g/mol. The molecule has 7 heteroatoms. The second-order valence-corrected chi connectivity index (χ2v) is 9.84. The van der Waals surface area contributed by atoms with Crippen molar-refractivity contribution in [2.24, 2.45) is 5.92 Å². The molecule has 2 aliphatic heterocycles. The number of hydrogen-bond donors (Lipinski definition) is 1. The van der Waals surface area contributed by atoms with E-state index < -0.39 is 28.2 Å². The highest BCUT2D eigenvalue weighted by Crippen LogP contribution is 2.36. The van der Waals surface area contributed by atoms with Crippen LogP contribution in [0.1, 0.15) is 34.1 Å². The zero-order valence-corrected chi connectivity index (χ0v) is 15.7. The minimum Gasteiger partial charge on any atom is -0.399 e. The maximum atomic E-state index is 12.7. The van der Waals surface area contributed by atoms with Crippen molar-refractivity contribution in [2.75, 3.05) is 18.8 Å². The molecule has 0 saturated carbocycles. The van der Waals surface area contributed by atoms with Crippen molar-refractivity contribution >= 4 is 22.4 Å². The third-order valence-corrected chi connectivity index (χ3v) is 7.24. The van der Waals surface area contributed by atoms with Gasteiger partial charge in [0.2, 0.25) is 0 Å². The molecule has 132 valence electrons. The van der Waals surface area contributed by atoms with Crippen LogP contribution in [0.5, 0.6) is 0 Å². The van der Waals surface area contributed by atoms with Crippen LogP contribution >= 0.6 is 0 Å². The standard InChI is InChI=1S/C17H26BNO4S/c1-16(2)17(3,4)23-18(22-16)14-6-5-7-15(10-14)24(20,21)12-13-8-9-19-11-13/h5-7,10,13,19H,8-9,11-12H2,1-4H3. The lowest BCUT2D eigenvalue weighted by atomic mass is 9.79. The molecule has 5 nitrogen and oxygen atoms in total. The molecule has 2 heterocycles. The summed E-state index contributed by atoms with van der Waals surface area (Å²) in [4.78, 5) is 0.349. The van der Waals surface area contributed by atoms with E-state index in [9.17, 15) is 8.42 Å². The molecular weight excluding hydrogens is 325 g/mol. The first-order valence-electron chi connectivity index (χ1n) is 8.50. The van der Waals surface area contributed by atoms with Crippen molar-refractivity contribution in [1.82, 2.24) is 5.32 Å². The van der Waals surface area contributed by atoms with Crippen LogP contribution in [0.4, 0.5) is 0 Å². The monoisotopic (exact) mass is 351 g/mol. The van der Waals surface area contributed by atoms with Gasteiger partial charge in [-0.3, -0.25) is 0 Å². The van der Waals surface area contributed by atoms with Crippen molar-refractivity contribution in [3.05, 3.63) is 24.3 Å². The van der Waals surface area contributed by atoms with Crippen molar-refractivity contribution in [1.29, 1.82) is 0 Å². The van der Waals surface area contributed by atoms with Gasteiger partial charge < -0.3 is 14.6 Å². The molecule has 0 radical (unpaired) electrons. The molecule has 0 aliphatic carbocycles. The minimum absolute atomic E-state index is 0.187. The normalized spacial score (nSPS) is 26.0.